The number of nitrogens with one attached hydrogen (secondary N) is 2. The average molecular weight is 375 g/mol. The van der Waals surface area contributed by atoms with Crippen molar-refractivity contribution in [2.45, 2.75) is 13.1 Å². The molecule has 2 aromatic rings. The van der Waals surface area contributed by atoms with Crippen LogP contribution in [-0.4, -0.2) is 34.3 Å². The Balaban J connectivity index is 2.13. The zero-order chi connectivity index (χ0) is 18.8. The molecule has 10 heteroatoms. The average Bonchev–Trinajstić information content (AvgIpc) is 2.77. The number of rotatable bonds is 4. The number of carbonyl (C=O) groups excluding carboxylic acids is 2. The highest BCUT2D eigenvalue weighted by Crippen LogP contribution is 2.21. The van der Waals surface area contributed by atoms with Crippen LogP contribution in [0.5, 0.6) is 0 Å². The minimum absolute atomic E-state index is 0.0175. The second kappa shape index (κ2) is 7.14. The normalized spacial score (nSPS) is 11.3. The molecular weight excluding hydrogens is 361 g/mol. The van der Waals surface area contributed by atoms with E-state index in [4.69, 9.17) is 11.6 Å². The van der Waals surface area contributed by atoms with Crippen LogP contribution in [-0.2, 0) is 7.05 Å². The van der Waals surface area contributed by atoms with Gasteiger partial charge < -0.3 is 10.6 Å². The summed E-state index contributed by atoms with van der Waals surface area (Å²) in [6.45, 7) is 0.175. The largest absolute Gasteiger partial charge is 0.405 e. The first-order valence-electron chi connectivity index (χ1n) is 7.04. The Morgan fingerprint density at radius 3 is 2.52 bits per heavy atom. The van der Waals surface area contributed by atoms with Crippen LogP contribution in [0.4, 0.5) is 18.9 Å². The maximum absolute atomic E-state index is 12.3. The zero-order valence-electron chi connectivity index (χ0n) is 13.2. The Morgan fingerprint density at radius 2 is 1.96 bits per heavy atom. The molecule has 0 fully saturated rings. The Kier molecular flexibility index (Phi) is 5.36. The molecule has 1 aromatic carbocycles. The van der Waals surface area contributed by atoms with Crippen molar-refractivity contribution in [3.05, 3.63) is 46.2 Å². The van der Waals surface area contributed by atoms with Crippen LogP contribution in [0.25, 0.3) is 0 Å². The first-order valence-corrected chi connectivity index (χ1v) is 7.42. The van der Waals surface area contributed by atoms with Gasteiger partial charge in [0.15, 0.2) is 0 Å². The molecule has 0 bridgehead atoms. The number of carbonyl (C=O) groups is 2. The number of anilines is 1. The number of aryl methyl sites for hydroxylation is 2. The van der Waals surface area contributed by atoms with Crippen molar-refractivity contribution < 1.29 is 22.8 Å². The third kappa shape index (κ3) is 4.72. The number of hydrogen-bond acceptors (Lipinski definition) is 3. The number of amides is 2. The summed E-state index contributed by atoms with van der Waals surface area (Å²) in [4.78, 5) is 24.1. The van der Waals surface area contributed by atoms with E-state index in [2.05, 4.69) is 10.4 Å². The monoisotopic (exact) mass is 374 g/mol. The van der Waals surface area contributed by atoms with Gasteiger partial charge in [-0.15, -0.1) is 0 Å². The molecule has 2 rings (SSSR count). The highest BCUT2D eigenvalue weighted by molar-refractivity contribution is 6.33. The summed E-state index contributed by atoms with van der Waals surface area (Å²) in [5.74, 6) is -1.44. The van der Waals surface area contributed by atoms with Crippen molar-refractivity contribution in [2.75, 3.05) is 11.9 Å². The smallest absolute Gasteiger partial charge is 0.343 e. The molecule has 0 saturated heterocycles. The molecule has 0 saturated carbocycles. The fourth-order valence-corrected chi connectivity index (χ4v) is 2.36. The van der Waals surface area contributed by atoms with Gasteiger partial charge in [-0.1, -0.05) is 17.7 Å². The lowest BCUT2D eigenvalue weighted by Gasteiger charge is -2.10. The number of aromatic nitrogens is 2. The maximum atomic E-state index is 12.3. The van der Waals surface area contributed by atoms with Gasteiger partial charge in [-0.2, -0.15) is 18.3 Å². The summed E-state index contributed by atoms with van der Waals surface area (Å²) in [6, 6.07) is 5.54. The van der Waals surface area contributed by atoms with Crippen LogP contribution in [0.3, 0.4) is 0 Å². The fourth-order valence-electron chi connectivity index (χ4n) is 2.10. The lowest BCUT2D eigenvalue weighted by molar-refractivity contribution is -0.123. The number of hydrogen-bond donors (Lipinski definition) is 2. The lowest BCUT2D eigenvalue weighted by Crippen LogP contribution is -2.33. The van der Waals surface area contributed by atoms with Crippen molar-refractivity contribution in [2.24, 2.45) is 7.05 Å². The number of alkyl halides is 3. The predicted octanol–water partition coefficient (Wildman–Crippen LogP) is 2.93. The zero-order valence-corrected chi connectivity index (χ0v) is 14.0. The molecule has 0 atom stereocenters. The topological polar surface area (TPSA) is 76.0 Å². The van der Waals surface area contributed by atoms with Crippen molar-refractivity contribution >= 4 is 29.1 Å². The van der Waals surface area contributed by atoms with E-state index in [9.17, 15) is 22.8 Å². The van der Waals surface area contributed by atoms with Gasteiger partial charge in [0.2, 0.25) is 0 Å². The van der Waals surface area contributed by atoms with Crippen molar-refractivity contribution in [3.63, 3.8) is 0 Å². The number of nitrogens with zero attached hydrogens (tertiary/aromatic N) is 2. The third-order valence-electron chi connectivity index (χ3n) is 3.21. The van der Waals surface area contributed by atoms with Gasteiger partial charge >= 0.3 is 6.18 Å². The summed E-state index contributed by atoms with van der Waals surface area (Å²) >= 11 is 6.01. The molecule has 0 spiro atoms. The van der Waals surface area contributed by atoms with Crippen molar-refractivity contribution in [1.82, 2.24) is 15.1 Å². The molecule has 2 N–H and O–H groups in total. The van der Waals surface area contributed by atoms with E-state index in [1.54, 1.807) is 19.3 Å². The molecule has 0 aliphatic heterocycles. The van der Waals surface area contributed by atoms with Gasteiger partial charge in [-0.05, 0) is 25.1 Å². The fraction of sp³-hybridized carbons (Fsp3) is 0.267. The molecule has 0 unspecified atom stereocenters. The lowest BCUT2D eigenvalue weighted by atomic mass is 10.1. The first-order chi connectivity index (χ1) is 11.6. The van der Waals surface area contributed by atoms with E-state index in [0.717, 1.165) is 0 Å². The Bertz CT molecular complexity index is 818. The van der Waals surface area contributed by atoms with Crippen LogP contribution in [0.2, 0.25) is 5.15 Å². The minimum Gasteiger partial charge on any atom is -0.343 e. The molecule has 0 aliphatic carbocycles. The molecule has 1 aromatic heterocycles. The first kappa shape index (κ1) is 18.8. The van der Waals surface area contributed by atoms with E-state index >= 15 is 0 Å². The van der Waals surface area contributed by atoms with E-state index in [1.165, 1.54) is 28.9 Å². The molecule has 25 heavy (non-hydrogen) atoms. The molecular formula is C15H14ClF3N4O2. The second-order valence-electron chi connectivity index (χ2n) is 5.21. The SMILES string of the molecule is Cc1nn(C)c(Cl)c1C(=O)Nc1cccc(C(=O)NCC(F)(F)F)c1. The van der Waals surface area contributed by atoms with Gasteiger partial charge in [0.1, 0.15) is 11.7 Å². The number of halogens is 4. The molecule has 0 aliphatic rings. The van der Waals surface area contributed by atoms with E-state index in [0.29, 0.717) is 5.69 Å². The van der Waals surface area contributed by atoms with Gasteiger partial charge in [0.25, 0.3) is 11.8 Å². The van der Waals surface area contributed by atoms with E-state index in [1.807, 2.05) is 0 Å². The Morgan fingerprint density at radius 1 is 1.28 bits per heavy atom. The molecule has 6 nitrogen and oxygen atoms in total. The van der Waals surface area contributed by atoms with E-state index < -0.39 is 24.5 Å². The van der Waals surface area contributed by atoms with E-state index in [-0.39, 0.29) is 22.0 Å². The molecule has 134 valence electrons. The van der Waals surface area contributed by atoms with Gasteiger partial charge in [-0.3, -0.25) is 14.3 Å². The maximum Gasteiger partial charge on any atom is 0.405 e. The molecule has 0 radical (unpaired) electrons. The quantitative estimate of drug-likeness (QED) is 0.864. The Labute approximate surface area is 146 Å². The van der Waals surface area contributed by atoms with Gasteiger partial charge in [0.05, 0.1) is 11.3 Å². The standard InChI is InChI=1S/C15H14ClF3N4O2/c1-8-11(12(16)23(2)22-8)14(25)21-10-5-3-4-9(6-10)13(24)20-7-15(17,18)19/h3-6H,7H2,1-2H3,(H,20,24)(H,21,25). The number of benzene rings is 1. The van der Waals surface area contributed by atoms with Crippen LogP contribution in [0, 0.1) is 6.92 Å². The van der Waals surface area contributed by atoms with Crippen molar-refractivity contribution in [3.8, 4) is 0 Å². The van der Waals surface area contributed by atoms with Crippen LogP contribution >= 0.6 is 11.6 Å². The Hall–Kier alpha value is -2.55. The van der Waals surface area contributed by atoms with Crippen LogP contribution in [0.1, 0.15) is 26.4 Å². The second-order valence-corrected chi connectivity index (χ2v) is 5.57. The predicted molar refractivity (Wildman–Crippen MR) is 85.7 cm³/mol. The van der Waals surface area contributed by atoms with Gasteiger partial charge in [-0.25, -0.2) is 0 Å². The molecule has 2 amide bonds. The molecule has 1 heterocycles. The summed E-state index contributed by atoms with van der Waals surface area (Å²) in [5.41, 5.74) is 0.820. The van der Waals surface area contributed by atoms with Crippen molar-refractivity contribution in [1.29, 1.82) is 0 Å². The summed E-state index contributed by atoms with van der Waals surface area (Å²) in [7, 11) is 1.58. The van der Waals surface area contributed by atoms with Crippen LogP contribution < -0.4 is 10.6 Å². The highest BCUT2D eigenvalue weighted by Gasteiger charge is 2.28. The summed E-state index contributed by atoms with van der Waals surface area (Å²) < 4.78 is 37.8. The minimum atomic E-state index is -4.50. The summed E-state index contributed by atoms with van der Waals surface area (Å²) in [6.07, 6.45) is -4.50. The third-order valence-corrected chi connectivity index (χ3v) is 3.64. The van der Waals surface area contributed by atoms with Gasteiger partial charge in [0, 0.05) is 18.3 Å². The highest BCUT2D eigenvalue weighted by atomic mass is 35.5. The van der Waals surface area contributed by atoms with Crippen LogP contribution in [0.15, 0.2) is 24.3 Å². The summed E-state index contributed by atoms with van der Waals surface area (Å²) in [5, 5.41) is 8.47.